The van der Waals surface area contributed by atoms with Crippen LogP contribution in [0.4, 0.5) is 5.82 Å². The van der Waals surface area contributed by atoms with Crippen LogP contribution in [-0.4, -0.2) is 44.5 Å². The predicted octanol–water partition coefficient (Wildman–Crippen LogP) is 2.83. The summed E-state index contributed by atoms with van der Waals surface area (Å²) in [6.07, 6.45) is 1.58. The van der Waals surface area contributed by atoms with E-state index in [0.29, 0.717) is 17.0 Å². The highest BCUT2D eigenvalue weighted by Gasteiger charge is 2.25. The molecule has 11 nitrogen and oxygen atoms in total. The van der Waals surface area contributed by atoms with Crippen molar-refractivity contribution in [3.05, 3.63) is 78.0 Å². The highest BCUT2D eigenvalue weighted by atomic mass is 16.6. The Hall–Kier alpha value is -5.06. The van der Waals surface area contributed by atoms with Gasteiger partial charge in [0.2, 0.25) is 11.6 Å². The number of ether oxygens (including phenoxy) is 1. The van der Waals surface area contributed by atoms with Crippen LogP contribution in [0.3, 0.4) is 0 Å². The number of carbonyl (C=O) groups is 1. The SMILES string of the molecule is COc1cccc(-c2c(C(=O)N/N=C\c3cccc4ccccc34)nnn2-c2nonc2N)c1. The Balaban J connectivity index is 1.50. The summed E-state index contributed by atoms with van der Waals surface area (Å²) in [6, 6.07) is 20.8. The number of methoxy groups -OCH3 is 1. The second-order valence-electron chi connectivity index (χ2n) is 7.17. The molecule has 0 aliphatic rings. The van der Waals surface area contributed by atoms with Crippen molar-refractivity contribution in [2.45, 2.75) is 0 Å². The van der Waals surface area contributed by atoms with Crippen molar-refractivity contribution in [1.29, 1.82) is 0 Å². The average Bonchev–Trinajstić information content (AvgIpc) is 3.50. The molecule has 0 bridgehead atoms. The summed E-state index contributed by atoms with van der Waals surface area (Å²) >= 11 is 0. The topological polar surface area (TPSA) is 146 Å². The van der Waals surface area contributed by atoms with Gasteiger partial charge in [-0.2, -0.15) is 9.78 Å². The van der Waals surface area contributed by atoms with Crippen molar-refractivity contribution in [1.82, 2.24) is 30.7 Å². The molecular formula is C23H18N8O3. The van der Waals surface area contributed by atoms with Crippen LogP contribution in [0.15, 0.2) is 76.5 Å². The van der Waals surface area contributed by atoms with E-state index in [2.05, 4.69) is 31.2 Å². The lowest BCUT2D eigenvalue weighted by molar-refractivity contribution is 0.0950. The second kappa shape index (κ2) is 8.82. The lowest BCUT2D eigenvalue weighted by Crippen LogP contribution is -2.19. The van der Waals surface area contributed by atoms with Crippen LogP contribution in [0.25, 0.3) is 27.8 Å². The Morgan fingerprint density at radius 3 is 2.76 bits per heavy atom. The van der Waals surface area contributed by atoms with Crippen LogP contribution in [0.2, 0.25) is 0 Å². The second-order valence-corrected chi connectivity index (χ2v) is 7.17. The lowest BCUT2D eigenvalue weighted by atomic mass is 10.1. The number of anilines is 1. The number of fused-ring (bicyclic) bond motifs is 1. The van der Waals surface area contributed by atoms with Crippen LogP contribution >= 0.6 is 0 Å². The first-order valence-corrected chi connectivity index (χ1v) is 10.2. The third-order valence-corrected chi connectivity index (χ3v) is 5.12. The Bertz CT molecular complexity index is 1520. The van der Waals surface area contributed by atoms with Crippen molar-refractivity contribution in [2.75, 3.05) is 12.8 Å². The molecule has 0 spiro atoms. The van der Waals surface area contributed by atoms with Gasteiger partial charge in [0.1, 0.15) is 11.4 Å². The zero-order valence-corrected chi connectivity index (χ0v) is 17.9. The minimum atomic E-state index is -0.574. The standard InChI is InChI=1S/C23H18N8O3/c1-33-17-10-5-8-15(12-17)20-19(26-30-31(20)22-21(24)28-34-29-22)23(32)27-25-13-16-9-4-7-14-6-2-3-11-18(14)16/h2-13H,1H3,(H2,24,28)(H,27,32)/b25-13-. The number of aromatic nitrogens is 5. The minimum Gasteiger partial charge on any atom is -0.497 e. The molecule has 2 heterocycles. The van der Waals surface area contributed by atoms with Gasteiger partial charge in [-0.15, -0.1) is 5.10 Å². The van der Waals surface area contributed by atoms with E-state index in [0.717, 1.165) is 16.3 Å². The van der Waals surface area contributed by atoms with Gasteiger partial charge in [0.05, 0.1) is 13.3 Å². The number of carbonyl (C=O) groups excluding carboxylic acids is 1. The van der Waals surface area contributed by atoms with Gasteiger partial charge in [-0.25, -0.2) is 10.1 Å². The van der Waals surface area contributed by atoms with E-state index in [1.165, 1.54) is 4.68 Å². The number of benzene rings is 3. The monoisotopic (exact) mass is 454 g/mol. The van der Waals surface area contributed by atoms with Crippen LogP contribution in [0.5, 0.6) is 5.75 Å². The number of hydrogen-bond acceptors (Lipinski definition) is 9. The molecule has 5 aromatic rings. The molecular weight excluding hydrogens is 436 g/mol. The van der Waals surface area contributed by atoms with E-state index in [1.54, 1.807) is 37.6 Å². The first-order chi connectivity index (χ1) is 16.7. The van der Waals surface area contributed by atoms with Crippen molar-refractivity contribution in [3.63, 3.8) is 0 Å². The summed E-state index contributed by atoms with van der Waals surface area (Å²) in [5.41, 5.74) is 10.1. The summed E-state index contributed by atoms with van der Waals surface area (Å²) in [6.45, 7) is 0. The molecule has 0 fully saturated rings. The highest BCUT2D eigenvalue weighted by Crippen LogP contribution is 2.29. The van der Waals surface area contributed by atoms with Gasteiger partial charge in [-0.1, -0.05) is 59.8 Å². The molecule has 3 aromatic carbocycles. The Labute approximate surface area is 192 Å². The predicted molar refractivity (Wildman–Crippen MR) is 125 cm³/mol. The fourth-order valence-electron chi connectivity index (χ4n) is 3.53. The van der Waals surface area contributed by atoms with Crippen LogP contribution < -0.4 is 15.9 Å². The zero-order valence-electron chi connectivity index (χ0n) is 17.9. The summed E-state index contributed by atoms with van der Waals surface area (Å²) < 4.78 is 11.3. The van der Waals surface area contributed by atoms with Gasteiger partial charge >= 0.3 is 0 Å². The quantitative estimate of drug-likeness (QED) is 0.294. The van der Waals surface area contributed by atoms with E-state index in [9.17, 15) is 4.79 Å². The number of hydrazone groups is 1. The Morgan fingerprint density at radius 2 is 1.94 bits per heavy atom. The molecule has 5 rings (SSSR count). The van der Waals surface area contributed by atoms with Gasteiger partial charge in [0.15, 0.2) is 5.69 Å². The van der Waals surface area contributed by atoms with Crippen molar-refractivity contribution in [2.24, 2.45) is 5.10 Å². The third-order valence-electron chi connectivity index (χ3n) is 5.12. The molecule has 0 aliphatic heterocycles. The number of hydrogen-bond donors (Lipinski definition) is 2. The van der Waals surface area contributed by atoms with Crippen LogP contribution in [0.1, 0.15) is 16.1 Å². The molecule has 0 aliphatic carbocycles. The van der Waals surface area contributed by atoms with Crippen molar-refractivity contribution in [3.8, 4) is 22.8 Å². The fraction of sp³-hybridized carbons (Fsp3) is 0.0435. The van der Waals surface area contributed by atoms with Gasteiger partial charge in [0.25, 0.3) is 5.91 Å². The number of nitrogens with one attached hydrogen (secondary N) is 1. The Morgan fingerprint density at radius 1 is 1.12 bits per heavy atom. The third kappa shape index (κ3) is 3.81. The van der Waals surface area contributed by atoms with Crippen LogP contribution in [-0.2, 0) is 0 Å². The molecule has 0 saturated carbocycles. The number of nitrogens with two attached hydrogens (primary N) is 1. The summed E-state index contributed by atoms with van der Waals surface area (Å²) in [5, 5.41) is 21.7. The van der Waals surface area contributed by atoms with E-state index in [-0.39, 0.29) is 17.3 Å². The summed E-state index contributed by atoms with van der Waals surface area (Å²) in [4.78, 5) is 13.1. The first-order valence-electron chi connectivity index (χ1n) is 10.2. The molecule has 1 amide bonds. The van der Waals surface area contributed by atoms with Gasteiger partial charge in [-0.3, -0.25) is 4.79 Å². The van der Waals surface area contributed by atoms with Gasteiger partial charge in [0, 0.05) is 11.1 Å². The molecule has 0 unspecified atom stereocenters. The van der Waals surface area contributed by atoms with Gasteiger partial charge < -0.3 is 10.5 Å². The van der Waals surface area contributed by atoms with Gasteiger partial charge in [-0.05, 0) is 33.2 Å². The molecule has 0 radical (unpaired) electrons. The van der Waals surface area contributed by atoms with Crippen molar-refractivity contribution < 1.29 is 14.2 Å². The molecule has 11 heteroatoms. The number of nitrogens with zero attached hydrogens (tertiary/aromatic N) is 6. The number of rotatable bonds is 6. The fourth-order valence-corrected chi connectivity index (χ4v) is 3.53. The first kappa shape index (κ1) is 20.8. The van der Waals surface area contributed by atoms with Crippen molar-refractivity contribution >= 4 is 28.7 Å². The number of amides is 1. The normalized spacial score (nSPS) is 11.2. The minimum absolute atomic E-state index is 0.00465. The van der Waals surface area contributed by atoms with E-state index in [4.69, 9.17) is 15.1 Å². The maximum absolute atomic E-state index is 13.1. The maximum Gasteiger partial charge on any atom is 0.294 e. The van der Waals surface area contributed by atoms with E-state index >= 15 is 0 Å². The molecule has 2 aromatic heterocycles. The summed E-state index contributed by atoms with van der Waals surface area (Å²) in [7, 11) is 1.55. The lowest BCUT2D eigenvalue weighted by Gasteiger charge is -2.07. The molecule has 168 valence electrons. The van der Waals surface area contributed by atoms with E-state index in [1.807, 2.05) is 42.5 Å². The number of nitrogen functional groups attached to an aromatic ring is 1. The largest absolute Gasteiger partial charge is 0.497 e. The van der Waals surface area contributed by atoms with Crippen LogP contribution in [0, 0.1) is 0 Å². The van der Waals surface area contributed by atoms with E-state index < -0.39 is 5.91 Å². The maximum atomic E-state index is 13.1. The average molecular weight is 454 g/mol. The highest BCUT2D eigenvalue weighted by molar-refractivity contribution is 6.01. The summed E-state index contributed by atoms with van der Waals surface area (Å²) in [5.74, 6) is 0.103. The smallest absolute Gasteiger partial charge is 0.294 e. The Kier molecular flexibility index (Phi) is 5.40. The molecule has 34 heavy (non-hydrogen) atoms. The zero-order chi connectivity index (χ0) is 23.5. The molecule has 0 atom stereocenters. The molecule has 3 N–H and O–H groups in total. The molecule has 0 saturated heterocycles.